The van der Waals surface area contributed by atoms with Crippen molar-refractivity contribution in [3.63, 3.8) is 0 Å². The van der Waals surface area contributed by atoms with Gasteiger partial charge in [0, 0.05) is 6.07 Å². The monoisotopic (exact) mass is 211 g/mol. The van der Waals surface area contributed by atoms with Crippen LogP contribution < -0.4 is 10.1 Å². The number of aromatic nitrogens is 2. The Morgan fingerprint density at radius 2 is 2.07 bits per heavy atom. The lowest BCUT2D eigenvalue weighted by Crippen LogP contribution is -1.89. The van der Waals surface area contributed by atoms with Gasteiger partial charge in [-0.05, 0) is 20.2 Å². The van der Waals surface area contributed by atoms with Gasteiger partial charge in [0.1, 0.15) is 10.3 Å². The molecule has 2 rings (SSSR count). The van der Waals surface area contributed by atoms with Crippen molar-refractivity contribution in [3.05, 3.63) is 17.6 Å². The summed E-state index contributed by atoms with van der Waals surface area (Å²) in [5, 5.41) is 2.75. The number of methoxy groups -OCH3 is 1. The van der Waals surface area contributed by atoms with Gasteiger partial charge in [-0.2, -0.15) is 0 Å². The molecule has 0 radical (unpaired) electrons. The second-order valence-electron chi connectivity index (χ2n) is 2.53. The van der Waals surface area contributed by atoms with E-state index in [2.05, 4.69) is 15.3 Å². The van der Waals surface area contributed by atoms with Gasteiger partial charge >= 0.3 is 0 Å². The number of fused-ring (bicyclic) bond motifs is 1. The van der Waals surface area contributed by atoms with E-state index in [1.807, 2.05) is 26.2 Å². The maximum atomic E-state index is 4.96. The average molecular weight is 211 g/mol. The van der Waals surface area contributed by atoms with Crippen LogP contribution >= 0.6 is 11.3 Å². The molecule has 5 heteroatoms. The molecule has 0 aromatic carbocycles. The van der Waals surface area contributed by atoms with Crippen molar-refractivity contribution in [1.29, 1.82) is 0 Å². The molecule has 0 unspecified atom stereocenters. The van der Waals surface area contributed by atoms with Crippen LogP contribution in [-0.2, 0) is 0 Å². The first-order valence-electron chi connectivity index (χ1n) is 4.14. The Balaban J connectivity index is 0.000000293. The predicted octanol–water partition coefficient (Wildman–Crippen LogP) is 1.54. The van der Waals surface area contributed by atoms with Crippen molar-refractivity contribution < 1.29 is 4.74 Å². The number of pyridine rings is 1. The highest BCUT2D eigenvalue weighted by Gasteiger charge is 1.98. The van der Waals surface area contributed by atoms with Crippen molar-refractivity contribution in [2.45, 2.75) is 0 Å². The molecule has 0 bridgehead atoms. The van der Waals surface area contributed by atoms with Gasteiger partial charge < -0.3 is 10.1 Å². The number of rotatable bonds is 1. The van der Waals surface area contributed by atoms with Crippen molar-refractivity contribution in [2.24, 2.45) is 0 Å². The van der Waals surface area contributed by atoms with Gasteiger partial charge in [0.05, 0.1) is 12.6 Å². The highest BCUT2D eigenvalue weighted by Crippen LogP contribution is 2.18. The number of nitrogens with one attached hydrogen (secondary N) is 1. The number of hydrogen-bond donors (Lipinski definition) is 1. The number of nitrogens with zero attached hydrogens (tertiary/aromatic N) is 2. The smallest absolute Gasteiger partial charge is 0.214 e. The van der Waals surface area contributed by atoms with Gasteiger partial charge in [0.15, 0.2) is 0 Å². The molecule has 0 spiro atoms. The molecule has 0 saturated carbocycles. The molecule has 2 aromatic heterocycles. The van der Waals surface area contributed by atoms with Crippen LogP contribution in [0.15, 0.2) is 17.6 Å². The van der Waals surface area contributed by atoms with E-state index in [9.17, 15) is 0 Å². The maximum Gasteiger partial charge on any atom is 0.214 e. The summed E-state index contributed by atoms with van der Waals surface area (Å²) in [5.41, 5.74) is 2.70. The lowest BCUT2D eigenvalue weighted by molar-refractivity contribution is 0.400. The van der Waals surface area contributed by atoms with E-state index in [4.69, 9.17) is 4.74 Å². The quantitative estimate of drug-likeness (QED) is 0.777. The van der Waals surface area contributed by atoms with Gasteiger partial charge in [0.2, 0.25) is 5.88 Å². The topological polar surface area (TPSA) is 47.0 Å². The Kier molecular flexibility index (Phi) is 4.28. The van der Waals surface area contributed by atoms with Crippen molar-refractivity contribution in [2.75, 3.05) is 21.2 Å². The van der Waals surface area contributed by atoms with E-state index in [0.717, 1.165) is 10.3 Å². The van der Waals surface area contributed by atoms with Crippen molar-refractivity contribution in [3.8, 4) is 5.88 Å². The minimum Gasteiger partial charge on any atom is -0.481 e. The minimum absolute atomic E-state index is 0.641. The Bertz CT molecular complexity index is 388. The van der Waals surface area contributed by atoms with Crippen molar-refractivity contribution >= 4 is 21.7 Å². The van der Waals surface area contributed by atoms with E-state index in [1.165, 1.54) is 11.3 Å². The fourth-order valence-electron chi connectivity index (χ4n) is 0.848. The van der Waals surface area contributed by atoms with Gasteiger partial charge in [0.25, 0.3) is 0 Å². The van der Waals surface area contributed by atoms with Crippen LogP contribution in [0.5, 0.6) is 5.88 Å². The first-order chi connectivity index (χ1) is 6.81. The van der Waals surface area contributed by atoms with Gasteiger partial charge in [-0.3, -0.25) is 0 Å². The third-order valence-electron chi connectivity index (χ3n) is 1.38. The normalized spacial score (nSPS) is 9.36. The SMILES string of the molecule is CNC.COc1ccc2ncsc2n1. The lowest BCUT2D eigenvalue weighted by Gasteiger charge is -1.95. The summed E-state index contributed by atoms with van der Waals surface area (Å²) in [6.07, 6.45) is 0. The molecule has 0 amide bonds. The first kappa shape index (κ1) is 10.9. The largest absolute Gasteiger partial charge is 0.481 e. The number of thiazole rings is 1. The molecule has 76 valence electrons. The molecular formula is C9H13N3OS. The molecule has 2 heterocycles. The maximum absolute atomic E-state index is 4.96. The lowest BCUT2D eigenvalue weighted by atomic mass is 10.4. The Hall–Kier alpha value is -1.20. The summed E-state index contributed by atoms with van der Waals surface area (Å²) in [7, 11) is 5.36. The Morgan fingerprint density at radius 3 is 2.71 bits per heavy atom. The average Bonchev–Trinajstić information content (AvgIpc) is 2.65. The highest BCUT2D eigenvalue weighted by molar-refractivity contribution is 7.16. The number of hydrogen-bond acceptors (Lipinski definition) is 5. The van der Waals surface area contributed by atoms with Crippen LogP contribution in [0.1, 0.15) is 0 Å². The van der Waals surface area contributed by atoms with Crippen molar-refractivity contribution in [1.82, 2.24) is 15.3 Å². The van der Waals surface area contributed by atoms with Crippen LogP contribution in [0, 0.1) is 0 Å². The molecule has 0 fully saturated rings. The second-order valence-corrected chi connectivity index (χ2v) is 3.36. The molecule has 0 saturated heterocycles. The molecule has 0 aliphatic carbocycles. The van der Waals surface area contributed by atoms with E-state index >= 15 is 0 Å². The molecule has 1 N–H and O–H groups in total. The van der Waals surface area contributed by atoms with E-state index in [0.29, 0.717) is 5.88 Å². The summed E-state index contributed by atoms with van der Waals surface area (Å²) < 4.78 is 4.96. The highest BCUT2D eigenvalue weighted by atomic mass is 32.1. The second kappa shape index (κ2) is 5.51. The third-order valence-corrected chi connectivity index (χ3v) is 2.11. The van der Waals surface area contributed by atoms with Crippen LogP contribution in [0.4, 0.5) is 0 Å². The van der Waals surface area contributed by atoms with Crippen LogP contribution in [0.25, 0.3) is 10.3 Å². The zero-order valence-electron chi connectivity index (χ0n) is 8.44. The fourth-order valence-corrected chi connectivity index (χ4v) is 1.50. The van der Waals surface area contributed by atoms with E-state index in [1.54, 1.807) is 12.6 Å². The van der Waals surface area contributed by atoms with E-state index in [-0.39, 0.29) is 0 Å². The molecular weight excluding hydrogens is 198 g/mol. The summed E-state index contributed by atoms with van der Waals surface area (Å²) in [6, 6.07) is 3.71. The van der Waals surface area contributed by atoms with Gasteiger partial charge in [-0.1, -0.05) is 0 Å². The van der Waals surface area contributed by atoms with Crippen LogP contribution in [-0.4, -0.2) is 31.2 Å². The summed E-state index contributed by atoms with van der Waals surface area (Å²) in [6.45, 7) is 0. The van der Waals surface area contributed by atoms with Crippen LogP contribution in [0.2, 0.25) is 0 Å². The zero-order valence-corrected chi connectivity index (χ0v) is 9.26. The third kappa shape index (κ3) is 2.65. The summed E-state index contributed by atoms with van der Waals surface area (Å²) >= 11 is 1.51. The molecule has 2 aromatic rings. The van der Waals surface area contributed by atoms with E-state index < -0.39 is 0 Å². The Labute approximate surface area is 87.0 Å². The molecule has 0 aliphatic rings. The van der Waals surface area contributed by atoms with Gasteiger partial charge in [-0.25, -0.2) is 9.97 Å². The summed E-state index contributed by atoms with van der Waals surface area (Å²) in [5.74, 6) is 0.641. The van der Waals surface area contributed by atoms with Crippen LogP contribution in [0.3, 0.4) is 0 Å². The molecule has 0 aliphatic heterocycles. The Morgan fingerprint density at radius 1 is 1.36 bits per heavy atom. The minimum atomic E-state index is 0.641. The molecule has 0 atom stereocenters. The summed E-state index contributed by atoms with van der Waals surface area (Å²) in [4.78, 5) is 9.20. The zero-order chi connectivity index (χ0) is 10.4. The fraction of sp³-hybridized carbons (Fsp3) is 0.333. The number of ether oxygens (including phenoxy) is 1. The standard InChI is InChI=1S/C7H6N2OS.C2H7N/c1-10-6-3-2-5-7(9-6)11-4-8-5;1-3-2/h2-4H,1H3;3H,1-2H3. The predicted molar refractivity (Wildman–Crippen MR) is 59.0 cm³/mol. The molecule has 14 heavy (non-hydrogen) atoms. The van der Waals surface area contributed by atoms with Gasteiger partial charge in [-0.15, -0.1) is 11.3 Å². The first-order valence-corrected chi connectivity index (χ1v) is 5.02. The molecule has 4 nitrogen and oxygen atoms in total.